The molecule has 1 saturated heterocycles. The summed E-state index contributed by atoms with van der Waals surface area (Å²) in [5, 5.41) is 3.85. The standard InChI is InChI=1S/C21H17F4N3O2/c1-12(13-4-8-17(22)9-5-13)28-11-15(10-18(28)29)20-26-19(27-30-20)14-2-6-16(7-3-14)21(23,24)25/h2-9,12,15H,10-11H2,1H3. The fourth-order valence-electron chi connectivity index (χ4n) is 3.52. The van der Waals surface area contributed by atoms with Gasteiger partial charge in [0.25, 0.3) is 0 Å². The van der Waals surface area contributed by atoms with Crippen molar-refractivity contribution in [2.24, 2.45) is 0 Å². The van der Waals surface area contributed by atoms with E-state index in [1.54, 1.807) is 17.0 Å². The van der Waals surface area contributed by atoms with Gasteiger partial charge in [-0.2, -0.15) is 18.2 Å². The minimum atomic E-state index is -4.42. The first-order valence-electron chi connectivity index (χ1n) is 9.28. The molecule has 2 unspecified atom stereocenters. The fraction of sp³-hybridized carbons (Fsp3) is 0.286. The van der Waals surface area contributed by atoms with Crippen molar-refractivity contribution in [3.63, 3.8) is 0 Å². The van der Waals surface area contributed by atoms with E-state index in [2.05, 4.69) is 10.1 Å². The number of benzene rings is 2. The van der Waals surface area contributed by atoms with Crippen molar-refractivity contribution in [1.29, 1.82) is 0 Å². The minimum Gasteiger partial charge on any atom is -0.339 e. The van der Waals surface area contributed by atoms with Crippen molar-refractivity contribution < 1.29 is 26.9 Å². The lowest BCUT2D eigenvalue weighted by atomic mass is 10.1. The lowest BCUT2D eigenvalue weighted by Gasteiger charge is -2.25. The average Bonchev–Trinajstić information content (AvgIpc) is 3.34. The van der Waals surface area contributed by atoms with Crippen LogP contribution in [0.25, 0.3) is 11.4 Å². The second-order valence-corrected chi connectivity index (χ2v) is 7.21. The van der Waals surface area contributed by atoms with Crippen molar-refractivity contribution in [3.8, 4) is 11.4 Å². The number of rotatable bonds is 4. The Balaban J connectivity index is 1.49. The predicted molar refractivity (Wildman–Crippen MR) is 98.6 cm³/mol. The number of hydrogen-bond donors (Lipinski definition) is 0. The fourth-order valence-corrected chi connectivity index (χ4v) is 3.52. The topological polar surface area (TPSA) is 59.2 Å². The van der Waals surface area contributed by atoms with Gasteiger partial charge in [-0.15, -0.1) is 0 Å². The zero-order valence-corrected chi connectivity index (χ0v) is 15.9. The average molecular weight is 419 g/mol. The minimum absolute atomic E-state index is 0.0916. The molecule has 0 radical (unpaired) electrons. The second-order valence-electron chi connectivity index (χ2n) is 7.21. The maximum atomic E-state index is 13.1. The normalized spacial score (nSPS) is 18.1. The van der Waals surface area contributed by atoms with Gasteiger partial charge >= 0.3 is 6.18 Å². The van der Waals surface area contributed by atoms with Crippen LogP contribution in [0.1, 0.15) is 42.3 Å². The van der Waals surface area contributed by atoms with Crippen molar-refractivity contribution >= 4 is 5.91 Å². The molecule has 0 N–H and O–H groups in total. The van der Waals surface area contributed by atoms with Gasteiger partial charge in [-0.25, -0.2) is 4.39 Å². The third-order valence-corrected chi connectivity index (χ3v) is 5.24. The monoisotopic (exact) mass is 419 g/mol. The van der Waals surface area contributed by atoms with Crippen LogP contribution in [0.5, 0.6) is 0 Å². The van der Waals surface area contributed by atoms with E-state index in [0.29, 0.717) is 12.1 Å². The number of carbonyl (C=O) groups is 1. The number of nitrogens with zero attached hydrogens (tertiary/aromatic N) is 3. The third-order valence-electron chi connectivity index (χ3n) is 5.24. The molecule has 2 aromatic carbocycles. The number of carbonyl (C=O) groups excluding carboxylic acids is 1. The smallest absolute Gasteiger partial charge is 0.339 e. The summed E-state index contributed by atoms with van der Waals surface area (Å²) in [6.45, 7) is 2.21. The van der Waals surface area contributed by atoms with Gasteiger partial charge in [0.1, 0.15) is 5.82 Å². The van der Waals surface area contributed by atoms with Gasteiger partial charge in [0.05, 0.1) is 17.5 Å². The summed E-state index contributed by atoms with van der Waals surface area (Å²) in [4.78, 5) is 18.4. The molecule has 1 aliphatic heterocycles. The van der Waals surface area contributed by atoms with Crippen molar-refractivity contribution in [3.05, 3.63) is 71.4 Å². The molecule has 2 heterocycles. The molecule has 30 heavy (non-hydrogen) atoms. The van der Waals surface area contributed by atoms with Crippen molar-refractivity contribution in [2.75, 3.05) is 6.54 Å². The van der Waals surface area contributed by atoms with Crippen LogP contribution in [-0.4, -0.2) is 27.5 Å². The summed E-state index contributed by atoms with van der Waals surface area (Å²) in [7, 11) is 0. The predicted octanol–water partition coefficient (Wildman–Crippen LogP) is 4.97. The van der Waals surface area contributed by atoms with Crippen LogP contribution < -0.4 is 0 Å². The molecule has 0 bridgehead atoms. The number of likely N-dealkylation sites (tertiary alicyclic amines) is 1. The van der Waals surface area contributed by atoms with E-state index in [4.69, 9.17) is 4.52 Å². The zero-order valence-electron chi connectivity index (χ0n) is 15.9. The van der Waals surface area contributed by atoms with Crippen molar-refractivity contribution in [1.82, 2.24) is 15.0 Å². The molecule has 4 rings (SSSR count). The maximum Gasteiger partial charge on any atom is 0.416 e. The highest BCUT2D eigenvalue weighted by molar-refractivity contribution is 5.80. The van der Waals surface area contributed by atoms with Crippen molar-refractivity contribution in [2.45, 2.75) is 31.5 Å². The Morgan fingerprint density at radius 3 is 2.40 bits per heavy atom. The first kappa shape index (κ1) is 20.1. The van der Waals surface area contributed by atoms with Crippen LogP contribution in [0.2, 0.25) is 0 Å². The Hall–Kier alpha value is -3.23. The summed E-state index contributed by atoms with van der Waals surface area (Å²) < 4.78 is 56.6. The summed E-state index contributed by atoms with van der Waals surface area (Å²) in [5.41, 5.74) is 0.432. The van der Waals surface area contributed by atoms with Gasteiger partial charge in [-0.3, -0.25) is 4.79 Å². The largest absolute Gasteiger partial charge is 0.416 e. The summed E-state index contributed by atoms with van der Waals surface area (Å²) in [6.07, 6.45) is -4.24. The summed E-state index contributed by atoms with van der Waals surface area (Å²) >= 11 is 0. The van der Waals surface area contributed by atoms with Gasteiger partial charge in [-0.1, -0.05) is 29.4 Å². The molecule has 5 nitrogen and oxygen atoms in total. The molecule has 0 aliphatic carbocycles. The molecule has 1 fully saturated rings. The molecule has 9 heteroatoms. The van der Waals surface area contributed by atoms with Crippen LogP contribution in [0.3, 0.4) is 0 Å². The highest BCUT2D eigenvalue weighted by Crippen LogP contribution is 2.35. The lowest BCUT2D eigenvalue weighted by Crippen LogP contribution is -2.28. The SMILES string of the molecule is CC(c1ccc(F)cc1)N1CC(c2nc(-c3ccc(C(F)(F)F)cc3)no2)CC1=O. The highest BCUT2D eigenvalue weighted by Gasteiger charge is 2.37. The number of halogens is 4. The van der Waals surface area contributed by atoms with E-state index in [0.717, 1.165) is 17.7 Å². The van der Waals surface area contributed by atoms with Gasteiger partial charge in [0, 0.05) is 18.5 Å². The van der Waals surface area contributed by atoms with Gasteiger partial charge in [-0.05, 0) is 36.8 Å². The van der Waals surface area contributed by atoms with Crippen LogP contribution in [-0.2, 0) is 11.0 Å². The van der Waals surface area contributed by atoms with Gasteiger partial charge in [0.15, 0.2) is 0 Å². The molecular formula is C21H17F4N3O2. The summed E-state index contributed by atoms with van der Waals surface area (Å²) in [6, 6.07) is 10.2. The van der Waals surface area contributed by atoms with E-state index in [1.807, 2.05) is 6.92 Å². The number of amides is 1. The maximum absolute atomic E-state index is 13.1. The lowest BCUT2D eigenvalue weighted by molar-refractivity contribution is -0.137. The third kappa shape index (κ3) is 3.92. The Bertz CT molecular complexity index is 1050. The first-order chi connectivity index (χ1) is 14.2. The molecular weight excluding hydrogens is 402 g/mol. The highest BCUT2D eigenvalue weighted by atomic mass is 19.4. The molecule has 1 aliphatic rings. The quantitative estimate of drug-likeness (QED) is 0.560. The molecule has 1 amide bonds. The molecule has 1 aromatic heterocycles. The van der Waals surface area contributed by atoms with Crippen LogP contribution >= 0.6 is 0 Å². The van der Waals surface area contributed by atoms with Crippen LogP contribution in [0, 0.1) is 5.82 Å². The number of aromatic nitrogens is 2. The van der Waals surface area contributed by atoms with E-state index in [1.165, 1.54) is 24.3 Å². The van der Waals surface area contributed by atoms with E-state index in [-0.39, 0.29) is 41.8 Å². The second kappa shape index (κ2) is 7.55. The molecule has 156 valence electrons. The molecule has 2 atom stereocenters. The number of hydrogen-bond acceptors (Lipinski definition) is 4. The van der Waals surface area contributed by atoms with Crippen LogP contribution in [0.15, 0.2) is 53.1 Å². The Morgan fingerprint density at radius 1 is 1.10 bits per heavy atom. The van der Waals surface area contributed by atoms with E-state index in [9.17, 15) is 22.4 Å². The molecule has 0 spiro atoms. The molecule has 0 saturated carbocycles. The first-order valence-corrected chi connectivity index (χ1v) is 9.28. The zero-order chi connectivity index (χ0) is 21.5. The number of alkyl halides is 3. The molecule has 3 aromatic rings. The van der Waals surface area contributed by atoms with E-state index < -0.39 is 11.7 Å². The van der Waals surface area contributed by atoms with Crippen LogP contribution in [0.4, 0.5) is 17.6 Å². The Labute approximate surface area is 169 Å². The van der Waals surface area contributed by atoms with Gasteiger partial charge in [0.2, 0.25) is 17.6 Å². The summed E-state index contributed by atoms with van der Waals surface area (Å²) in [5.74, 6) is -0.344. The Kier molecular flexibility index (Phi) is 5.05. The Morgan fingerprint density at radius 2 is 1.77 bits per heavy atom. The van der Waals surface area contributed by atoms with E-state index >= 15 is 0 Å². The van der Waals surface area contributed by atoms with Gasteiger partial charge < -0.3 is 9.42 Å².